The number of benzene rings is 9. The fraction of sp³-hybridized carbons (Fsp3) is 0. The van der Waals surface area contributed by atoms with Crippen molar-refractivity contribution in [1.82, 2.24) is 19.5 Å². The second kappa shape index (κ2) is 14.0. The molecule has 294 valence electrons. The van der Waals surface area contributed by atoms with Gasteiger partial charge in [-0.15, -0.1) is 0 Å². The maximum atomic E-state index is 6.56. The number of aromatic nitrogens is 4. The Morgan fingerprint density at radius 2 is 0.857 bits per heavy atom. The molecular formula is C57H34N4O2. The summed E-state index contributed by atoms with van der Waals surface area (Å²) in [6.45, 7) is 0. The minimum Gasteiger partial charge on any atom is -0.456 e. The SMILES string of the molecule is c1ccc(-c2ccc(-c3nc(-c4ccc5c(c4)oc4ccccc45)nc(-c4cccc5oc6ccc(-c7ccc8c(c7)c7ccccc7n8-c7ccccc7)cc6c45)n3)cc2)cc1. The van der Waals surface area contributed by atoms with Gasteiger partial charge < -0.3 is 13.4 Å². The van der Waals surface area contributed by atoms with Crippen LogP contribution < -0.4 is 0 Å². The maximum Gasteiger partial charge on any atom is 0.164 e. The first-order valence-corrected chi connectivity index (χ1v) is 21.1. The Hall–Kier alpha value is -8.61. The minimum absolute atomic E-state index is 0.554. The third-order valence-corrected chi connectivity index (χ3v) is 12.3. The van der Waals surface area contributed by atoms with Gasteiger partial charge in [0.25, 0.3) is 0 Å². The molecule has 0 aliphatic carbocycles. The molecule has 0 fully saturated rings. The number of hydrogen-bond donors (Lipinski definition) is 0. The third kappa shape index (κ3) is 5.76. The lowest BCUT2D eigenvalue weighted by atomic mass is 9.99. The van der Waals surface area contributed by atoms with Crippen LogP contribution in [0.3, 0.4) is 0 Å². The summed E-state index contributed by atoms with van der Waals surface area (Å²) in [5.74, 6) is 1.69. The molecule has 0 atom stereocenters. The Labute approximate surface area is 361 Å². The van der Waals surface area contributed by atoms with Crippen LogP contribution in [0.5, 0.6) is 0 Å². The Morgan fingerprint density at radius 3 is 1.70 bits per heavy atom. The van der Waals surface area contributed by atoms with E-state index >= 15 is 0 Å². The average Bonchev–Trinajstić information content (AvgIpc) is 4.03. The van der Waals surface area contributed by atoms with Crippen molar-refractivity contribution < 1.29 is 8.83 Å². The van der Waals surface area contributed by atoms with Crippen LogP contribution in [0.25, 0.3) is 128 Å². The van der Waals surface area contributed by atoms with Gasteiger partial charge in [0.15, 0.2) is 17.5 Å². The first-order valence-electron chi connectivity index (χ1n) is 21.1. The molecule has 9 aromatic carbocycles. The van der Waals surface area contributed by atoms with E-state index in [-0.39, 0.29) is 0 Å². The van der Waals surface area contributed by atoms with Crippen molar-refractivity contribution in [3.05, 3.63) is 206 Å². The first-order chi connectivity index (χ1) is 31.2. The highest BCUT2D eigenvalue weighted by molar-refractivity contribution is 6.14. The van der Waals surface area contributed by atoms with Gasteiger partial charge in [-0.25, -0.2) is 15.0 Å². The minimum atomic E-state index is 0.554. The first kappa shape index (κ1) is 35.2. The van der Waals surface area contributed by atoms with E-state index in [1.54, 1.807) is 0 Å². The van der Waals surface area contributed by atoms with Gasteiger partial charge in [0.05, 0.1) is 11.0 Å². The molecule has 63 heavy (non-hydrogen) atoms. The Balaban J connectivity index is 0.978. The fourth-order valence-corrected chi connectivity index (χ4v) is 9.26. The van der Waals surface area contributed by atoms with Gasteiger partial charge in [0.1, 0.15) is 22.3 Å². The smallest absolute Gasteiger partial charge is 0.164 e. The highest BCUT2D eigenvalue weighted by Gasteiger charge is 2.20. The van der Waals surface area contributed by atoms with Crippen LogP contribution in [0.2, 0.25) is 0 Å². The standard InChI is InChI=1S/C57H34N4O2/c1-3-12-35(13-4-1)36-22-24-37(25-23-36)55-58-56(40-26-29-44-43-17-8-10-20-50(43)63-53(44)34-40)60-57(59-55)45-18-11-21-52-54(45)47-33-39(28-31-51(47)62-52)38-27-30-49-46(32-38)42-16-7-9-19-48(42)61(49)41-14-5-2-6-15-41/h1-34H. The summed E-state index contributed by atoms with van der Waals surface area (Å²) in [5, 5.41) is 6.48. The molecule has 0 saturated carbocycles. The van der Waals surface area contributed by atoms with E-state index in [2.05, 4.69) is 168 Å². The average molecular weight is 807 g/mol. The molecule has 0 amide bonds. The molecule has 0 radical (unpaired) electrons. The summed E-state index contributed by atoms with van der Waals surface area (Å²) in [6.07, 6.45) is 0. The molecule has 0 N–H and O–H groups in total. The van der Waals surface area contributed by atoms with Crippen LogP contribution in [-0.4, -0.2) is 19.5 Å². The highest BCUT2D eigenvalue weighted by Crippen LogP contribution is 2.41. The molecule has 6 heteroatoms. The van der Waals surface area contributed by atoms with Crippen LogP contribution in [0.1, 0.15) is 0 Å². The molecule has 0 unspecified atom stereocenters. The number of para-hydroxylation sites is 3. The largest absolute Gasteiger partial charge is 0.456 e. The second-order valence-electron chi connectivity index (χ2n) is 16.0. The predicted molar refractivity (Wildman–Crippen MR) is 256 cm³/mol. The number of furan rings is 2. The van der Waals surface area contributed by atoms with Crippen LogP contribution in [0, 0.1) is 0 Å². The van der Waals surface area contributed by atoms with Crippen molar-refractivity contribution in [1.29, 1.82) is 0 Å². The molecule has 6 nitrogen and oxygen atoms in total. The van der Waals surface area contributed by atoms with E-state index in [9.17, 15) is 0 Å². The van der Waals surface area contributed by atoms with Crippen molar-refractivity contribution in [3.63, 3.8) is 0 Å². The summed E-state index contributed by atoms with van der Waals surface area (Å²) < 4.78 is 15.2. The number of rotatable bonds is 6. The summed E-state index contributed by atoms with van der Waals surface area (Å²) in [5.41, 5.74) is 13.7. The van der Waals surface area contributed by atoms with Gasteiger partial charge >= 0.3 is 0 Å². The van der Waals surface area contributed by atoms with Gasteiger partial charge in [0, 0.05) is 54.7 Å². The molecule has 0 saturated heterocycles. The van der Waals surface area contributed by atoms with Crippen molar-refractivity contribution in [2.45, 2.75) is 0 Å². The summed E-state index contributed by atoms with van der Waals surface area (Å²) in [4.78, 5) is 15.6. The second-order valence-corrected chi connectivity index (χ2v) is 16.0. The molecule has 4 aromatic heterocycles. The van der Waals surface area contributed by atoms with Crippen LogP contribution >= 0.6 is 0 Å². The quantitative estimate of drug-likeness (QED) is 0.167. The zero-order chi connectivity index (χ0) is 41.4. The lowest BCUT2D eigenvalue weighted by Gasteiger charge is -2.10. The fourth-order valence-electron chi connectivity index (χ4n) is 9.26. The van der Waals surface area contributed by atoms with Gasteiger partial charge in [-0.2, -0.15) is 0 Å². The third-order valence-electron chi connectivity index (χ3n) is 12.3. The molecule has 13 rings (SSSR count). The van der Waals surface area contributed by atoms with Gasteiger partial charge in [-0.3, -0.25) is 0 Å². The molecule has 0 aliphatic heterocycles. The number of hydrogen-bond acceptors (Lipinski definition) is 5. The lowest BCUT2D eigenvalue weighted by Crippen LogP contribution is -2.00. The van der Waals surface area contributed by atoms with Crippen molar-refractivity contribution in [3.8, 4) is 62.1 Å². The predicted octanol–water partition coefficient (Wildman–Crippen LogP) is 15.1. The lowest BCUT2D eigenvalue weighted by molar-refractivity contribution is 0.668. The summed E-state index contributed by atoms with van der Waals surface area (Å²) in [6, 6.07) is 71.6. The van der Waals surface area contributed by atoms with Crippen LogP contribution in [0.4, 0.5) is 0 Å². The van der Waals surface area contributed by atoms with Gasteiger partial charge in [-0.05, 0) is 89.0 Å². The van der Waals surface area contributed by atoms with E-state index in [1.165, 1.54) is 21.8 Å². The van der Waals surface area contributed by atoms with Gasteiger partial charge in [0.2, 0.25) is 0 Å². The molecule has 13 aromatic rings. The summed E-state index contributed by atoms with van der Waals surface area (Å²) in [7, 11) is 0. The normalized spacial score (nSPS) is 11.8. The van der Waals surface area contributed by atoms with Gasteiger partial charge in [-0.1, -0.05) is 140 Å². The molecule has 4 heterocycles. The summed E-state index contributed by atoms with van der Waals surface area (Å²) >= 11 is 0. The van der Waals surface area contributed by atoms with E-state index in [0.717, 1.165) is 88.5 Å². The topological polar surface area (TPSA) is 69.9 Å². The van der Waals surface area contributed by atoms with Crippen molar-refractivity contribution in [2.24, 2.45) is 0 Å². The Kier molecular flexibility index (Phi) is 7.80. The van der Waals surface area contributed by atoms with E-state index in [4.69, 9.17) is 23.8 Å². The van der Waals surface area contributed by atoms with Crippen LogP contribution in [0.15, 0.2) is 215 Å². The molecule has 0 aliphatic rings. The van der Waals surface area contributed by atoms with E-state index in [1.807, 2.05) is 42.5 Å². The highest BCUT2D eigenvalue weighted by atomic mass is 16.3. The van der Waals surface area contributed by atoms with Crippen molar-refractivity contribution in [2.75, 3.05) is 0 Å². The maximum absolute atomic E-state index is 6.56. The van der Waals surface area contributed by atoms with E-state index in [0.29, 0.717) is 17.5 Å². The Bertz CT molecular complexity index is 3900. The molecule has 0 bridgehead atoms. The Morgan fingerprint density at radius 1 is 0.302 bits per heavy atom. The van der Waals surface area contributed by atoms with E-state index < -0.39 is 0 Å². The number of nitrogens with zero attached hydrogens (tertiary/aromatic N) is 4. The van der Waals surface area contributed by atoms with Crippen molar-refractivity contribution >= 4 is 65.7 Å². The number of fused-ring (bicyclic) bond motifs is 9. The monoisotopic (exact) mass is 806 g/mol. The molecule has 0 spiro atoms. The zero-order valence-corrected chi connectivity index (χ0v) is 33.7. The molecular weight excluding hydrogens is 773 g/mol. The van der Waals surface area contributed by atoms with Crippen LogP contribution in [-0.2, 0) is 0 Å². The zero-order valence-electron chi connectivity index (χ0n) is 33.7.